The molecule has 3 rings (SSSR count). The lowest BCUT2D eigenvalue weighted by Crippen LogP contribution is -2.56. The van der Waals surface area contributed by atoms with Crippen LogP contribution in [0.15, 0.2) is 24.3 Å². The Morgan fingerprint density at radius 3 is 2.60 bits per heavy atom. The van der Waals surface area contributed by atoms with E-state index in [0.717, 1.165) is 25.8 Å². The highest BCUT2D eigenvalue weighted by Crippen LogP contribution is 2.16. The molecule has 1 unspecified atom stereocenters. The van der Waals surface area contributed by atoms with Gasteiger partial charge in [0, 0.05) is 32.7 Å². The molecule has 1 aromatic carbocycles. The van der Waals surface area contributed by atoms with E-state index in [9.17, 15) is 14.0 Å². The van der Waals surface area contributed by atoms with Crippen molar-refractivity contribution >= 4 is 11.8 Å². The van der Waals surface area contributed by atoms with E-state index in [1.165, 1.54) is 24.3 Å². The number of piperazine rings is 1. The van der Waals surface area contributed by atoms with Gasteiger partial charge in [-0.05, 0) is 43.5 Å². The number of rotatable bonds is 4. The average molecular weight is 349 g/mol. The van der Waals surface area contributed by atoms with Crippen molar-refractivity contribution in [3.63, 3.8) is 0 Å². The van der Waals surface area contributed by atoms with Gasteiger partial charge in [-0.25, -0.2) is 4.39 Å². The molecule has 1 aromatic rings. The molecular weight excluding hydrogens is 325 g/mol. The molecule has 0 bridgehead atoms. The predicted molar refractivity (Wildman–Crippen MR) is 90.7 cm³/mol. The molecule has 1 N–H and O–H groups in total. The molecule has 25 heavy (non-hydrogen) atoms. The molecule has 7 heteroatoms. The number of ether oxygens (including phenoxy) is 1. The predicted octanol–water partition coefficient (Wildman–Crippen LogP) is 1.02. The molecule has 2 fully saturated rings. The van der Waals surface area contributed by atoms with Crippen LogP contribution in [0.5, 0.6) is 5.75 Å². The maximum atomic E-state index is 12.9. The van der Waals surface area contributed by atoms with E-state index in [0.29, 0.717) is 31.9 Å². The highest BCUT2D eigenvalue weighted by atomic mass is 19.1. The molecule has 0 aliphatic carbocycles. The number of benzene rings is 1. The summed E-state index contributed by atoms with van der Waals surface area (Å²) in [4.78, 5) is 28.3. The molecule has 0 spiro atoms. The normalized spacial score (nSPS) is 22.2. The average Bonchev–Trinajstić information content (AvgIpc) is 2.85. The first-order chi connectivity index (χ1) is 12.1. The summed E-state index contributed by atoms with van der Waals surface area (Å²) in [7, 11) is 0. The van der Waals surface area contributed by atoms with E-state index in [1.54, 1.807) is 4.90 Å². The minimum atomic E-state index is -0.336. The minimum Gasteiger partial charge on any atom is -0.484 e. The smallest absolute Gasteiger partial charge is 0.260 e. The molecule has 0 aromatic heterocycles. The van der Waals surface area contributed by atoms with E-state index < -0.39 is 0 Å². The SMILES string of the molecule is O=C1NCCCCC1N1CCN(C(=O)COc2ccc(F)cc2)CC1. The van der Waals surface area contributed by atoms with E-state index in [-0.39, 0.29) is 30.3 Å². The molecule has 6 nitrogen and oxygen atoms in total. The Balaban J connectivity index is 1.45. The van der Waals surface area contributed by atoms with Crippen LogP contribution in [0.1, 0.15) is 19.3 Å². The van der Waals surface area contributed by atoms with Crippen LogP contribution in [0, 0.1) is 5.82 Å². The van der Waals surface area contributed by atoms with Crippen LogP contribution >= 0.6 is 0 Å². The lowest BCUT2D eigenvalue weighted by Gasteiger charge is -2.38. The molecule has 2 amide bonds. The summed E-state index contributed by atoms with van der Waals surface area (Å²) >= 11 is 0. The Labute approximate surface area is 146 Å². The zero-order chi connectivity index (χ0) is 17.6. The van der Waals surface area contributed by atoms with Gasteiger partial charge < -0.3 is 15.0 Å². The van der Waals surface area contributed by atoms with Crippen molar-refractivity contribution < 1.29 is 18.7 Å². The fourth-order valence-electron chi connectivity index (χ4n) is 3.32. The van der Waals surface area contributed by atoms with Gasteiger partial charge in [0.1, 0.15) is 11.6 Å². The summed E-state index contributed by atoms with van der Waals surface area (Å²) in [5.74, 6) is 0.159. The number of carbonyl (C=O) groups excluding carboxylic acids is 2. The Morgan fingerprint density at radius 2 is 1.88 bits per heavy atom. The zero-order valence-corrected chi connectivity index (χ0v) is 14.2. The largest absolute Gasteiger partial charge is 0.484 e. The van der Waals surface area contributed by atoms with Crippen molar-refractivity contribution in [1.29, 1.82) is 0 Å². The molecule has 2 aliphatic rings. The maximum absolute atomic E-state index is 12.9. The highest BCUT2D eigenvalue weighted by molar-refractivity contribution is 5.82. The van der Waals surface area contributed by atoms with Crippen LogP contribution in [0.2, 0.25) is 0 Å². The van der Waals surface area contributed by atoms with Gasteiger partial charge in [0.05, 0.1) is 6.04 Å². The van der Waals surface area contributed by atoms with E-state index in [4.69, 9.17) is 4.74 Å². The number of carbonyl (C=O) groups is 2. The quantitative estimate of drug-likeness (QED) is 0.882. The van der Waals surface area contributed by atoms with E-state index in [2.05, 4.69) is 10.2 Å². The number of amides is 2. The van der Waals surface area contributed by atoms with Gasteiger partial charge in [-0.2, -0.15) is 0 Å². The lowest BCUT2D eigenvalue weighted by atomic mass is 10.1. The molecule has 1 atom stereocenters. The first-order valence-electron chi connectivity index (χ1n) is 8.81. The minimum absolute atomic E-state index is 0.0600. The summed E-state index contributed by atoms with van der Waals surface area (Å²) in [6.45, 7) is 3.27. The van der Waals surface area contributed by atoms with Crippen molar-refractivity contribution in [2.45, 2.75) is 25.3 Å². The van der Waals surface area contributed by atoms with Gasteiger partial charge in [-0.15, -0.1) is 0 Å². The van der Waals surface area contributed by atoms with Gasteiger partial charge in [0.15, 0.2) is 6.61 Å². The van der Waals surface area contributed by atoms with Crippen LogP contribution < -0.4 is 10.1 Å². The van der Waals surface area contributed by atoms with Crippen molar-refractivity contribution in [3.8, 4) is 5.75 Å². The molecule has 0 saturated carbocycles. The van der Waals surface area contributed by atoms with E-state index >= 15 is 0 Å². The zero-order valence-electron chi connectivity index (χ0n) is 14.2. The van der Waals surface area contributed by atoms with Gasteiger partial charge in [0.25, 0.3) is 5.91 Å². The second-order valence-electron chi connectivity index (χ2n) is 6.46. The molecule has 2 aliphatic heterocycles. The molecule has 2 saturated heterocycles. The summed E-state index contributed by atoms with van der Waals surface area (Å²) in [6, 6.07) is 5.54. The summed E-state index contributed by atoms with van der Waals surface area (Å²) in [5, 5.41) is 2.96. The van der Waals surface area contributed by atoms with E-state index in [1.807, 2.05) is 0 Å². The number of hydrogen-bond donors (Lipinski definition) is 1. The number of hydrogen-bond acceptors (Lipinski definition) is 4. The lowest BCUT2D eigenvalue weighted by molar-refractivity contribution is -0.136. The van der Waals surface area contributed by atoms with Crippen molar-refractivity contribution in [2.75, 3.05) is 39.3 Å². The van der Waals surface area contributed by atoms with Crippen LogP contribution in [-0.4, -0.2) is 67.0 Å². The van der Waals surface area contributed by atoms with Crippen molar-refractivity contribution in [1.82, 2.24) is 15.1 Å². The number of nitrogens with zero attached hydrogens (tertiary/aromatic N) is 2. The molecule has 136 valence electrons. The summed E-state index contributed by atoms with van der Waals surface area (Å²) in [6.07, 6.45) is 2.96. The molecular formula is C18H24FN3O3. The van der Waals surface area contributed by atoms with Crippen LogP contribution in [0.4, 0.5) is 4.39 Å². The second kappa shape index (κ2) is 8.29. The third kappa shape index (κ3) is 4.69. The first kappa shape index (κ1) is 17.7. The van der Waals surface area contributed by atoms with Gasteiger partial charge in [-0.3, -0.25) is 14.5 Å². The number of nitrogens with one attached hydrogen (secondary N) is 1. The summed E-state index contributed by atoms with van der Waals surface area (Å²) < 4.78 is 18.3. The van der Waals surface area contributed by atoms with Crippen LogP contribution in [0.3, 0.4) is 0 Å². The Hall–Kier alpha value is -2.15. The van der Waals surface area contributed by atoms with Gasteiger partial charge in [-0.1, -0.05) is 0 Å². The van der Waals surface area contributed by atoms with Crippen LogP contribution in [0.25, 0.3) is 0 Å². The Bertz CT molecular complexity index is 600. The highest BCUT2D eigenvalue weighted by Gasteiger charge is 2.31. The van der Waals surface area contributed by atoms with Gasteiger partial charge in [0.2, 0.25) is 5.91 Å². The van der Waals surface area contributed by atoms with Gasteiger partial charge >= 0.3 is 0 Å². The van der Waals surface area contributed by atoms with Crippen molar-refractivity contribution in [2.24, 2.45) is 0 Å². The topological polar surface area (TPSA) is 61.9 Å². The third-order valence-corrected chi connectivity index (χ3v) is 4.79. The first-order valence-corrected chi connectivity index (χ1v) is 8.81. The fourth-order valence-corrected chi connectivity index (χ4v) is 3.32. The third-order valence-electron chi connectivity index (χ3n) is 4.79. The standard InChI is InChI=1S/C18H24FN3O3/c19-14-4-6-15(7-5-14)25-13-17(23)22-11-9-21(10-12-22)16-3-1-2-8-20-18(16)24/h4-7,16H,1-3,8-13H2,(H,20,24). The molecule has 2 heterocycles. The summed E-state index contributed by atoms with van der Waals surface area (Å²) in [5.41, 5.74) is 0. The second-order valence-corrected chi connectivity index (χ2v) is 6.46. The van der Waals surface area contributed by atoms with Crippen molar-refractivity contribution in [3.05, 3.63) is 30.1 Å². The van der Waals surface area contributed by atoms with Crippen LogP contribution in [-0.2, 0) is 9.59 Å². The maximum Gasteiger partial charge on any atom is 0.260 e. The fraction of sp³-hybridized carbons (Fsp3) is 0.556. The monoisotopic (exact) mass is 349 g/mol. The Kier molecular flexibility index (Phi) is 5.86. The molecule has 0 radical (unpaired) electrons. The Morgan fingerprint density at radius 1 is 1.16 bits per heavy atom. The number of halogens is 1.